The number of carbonyl (C=O) groups excluding carboxylic acids is 2. The number of hydrogen-bond donors (Lipinski definition) is 0. The van der Waals surface area contributed by atoms with E-state index in [0.29, 0.717) is 47.0 Å². The molecule has 0 spiro atoms. The summed E-state index contributed by atoms with van der Waals surface area (Å²) in [5.74, 6) is -6.51. The van der Waals surface area contributed by atoms with Crippen molar-refractivity contribution in [2.75, 3.05) is 22.9 Å². The molecule has 0 atom stereocenters. The molecule has 22 heteroatoms. The van der Waals surface area contributed by atoms with E-state index in [0.717, 1.165) is 12.1 Å². The van der Waals surface area contributed by atoms with Crippen LogP contribution in [-0.2, 0) is 37.8 Å². The minimum atomic E-state index is -1.01. The minimum absolute atomic E-state index is 0. The van der Waals surface area contributed by atoms with Crippen LogP contribution in [0.3, 0.4) is 0 Å². The molecule has 11 nitrogen and oxygen atoms in total. The summed E-state index contributed by atoms with van der Waals surface area (Å²) in [6.07, 6.45) is 5.61. The molecule has 9 rings (SSSR count). The van der Waals surface area contributed by atoms with Gasteiger partial charge < -0.3 is 14.4 Å². The third-order valence-corrected chi connectivity index (χ3v) is 12.6. The van der Waals surface area contributed by atoms with Crippen molar-refractivity contribution in [1.29, 1.82) is 5.26 Å². The summed E-state index contributed by atoms with van der Waals surface area (Å²) in [5, 5.41) is 16.3. The molecule has 0 N–H and O–H groups in total. The van der Waals surface area contributed by atoms with Crippen LogP contribution in [0.15, 0.2) is 79.4 Å². The molecule has 5 heterocycles. The van der Waals surface area contributed by atoms with Gasteiger partial charge in [0.1, 0.15) is 10.3 Å². The lowest BCUT2D eigenvalue weighted by atomic mass is 10.1. The van der Waals surface area contributed by atoms with E-state index in [-0.39, 0.29) is 87.8 Å². The Balaban J connectivity index is 0.000000210. The Hall–Kier alpha value is -5.84. The SMILES string of the molecule is C.CC#N.O=C1c2nn(Cc3cccc(F)c3F)c(Cl)c2CCN1c1cc(CBr)cc(Cl)c1F.O=C1c2nn(Cc3cccc(F)c3F)c(Cl)c2CCN1c1cc(Cn2ccnc2)cc(Cl)c1F. The Morgan fingerprint density at radius 1 is 0.676 bits per heavy atom. The minimum Gasteiger partial charge on any atom is -0.333 e. The maximum atomic E-state index is 15.0. The molecule has 0 fully saturated rings. The molecule has 0 saturated heterocycles. The van der Waals surface area contributed by atoms with E-state index in [2.05, 4.69) is 31.1 Å². The second-order valence-corrected chi connectivity index (χ2v) is 16.9. The van der Waals surface area contributed by atoms with Gasteiger partial charge in [-0.1, -0.05) is 94.0 Å². The summed E-state index contributed by atoms with van der Waals surface area (Å²) in [6, 6.07) is 15.4. The quantitative estimate of drug-likeness (QED) is 0.105. The van der Waals surface area contributed by atoms with Crippen LogP contribution < -0.4 is 9.80 Å². The van der Waals surface area contributed by atoms with Crippen LogP contribution >= 0.6 is 62.3 Å². The number of benzene rings is 4. The predicted octanol–water partition coefficient (Wildman–Crippen LogP) is 12.0. The molecule has 0 radical (unpaired) electrons. The summed E-state index contributed by atoms with van der Waals surface area (Å²) in [5.41, 5.74) is 2.59. The van der Waals surface area contributed by atoms with Crippen LogP contribution in [0.25, 0.3) is 0 Å². The van der Waals surface area contributed by atoms with E-state index in [4.69, 9.17) is 51.7 Å². The van der Waals surface area contributed by atoms with Crippen molar-refractivity contribution in [2.24, 2.45) is 0 Å². The molecule has 0 saturated carbocycles. The first-order valence-electron chi connectivity index (χ1n) is 19.8. The van der Waals surface area contributed by atoms with Gasteiger partial charge in [0.15, 0.2) is 46.3 Å². The lowest BCUT2D eigenvalue weighted by Crippen LogP contribution is -2.38. The van der Waals surface area contributed by atoms with Gasteiger partial charge in [-0.15, -0.1) is 0 Å². The molecule has 68 heavy (non-hydrogen) atoms. The van der Waals surface area contributed by atoms with Crippen molar-refractivity contribution < 1.29 is 35.9 Å². The zero-order valence-electron chi connectivity index (χ0n) is 34.7. The standard InChI is InChI=1S/C23H16Cl2F3N5O.C20H13BrCl2F3N3O.C2H3N.CH4/c24-16-8-13(10-31-7-5-29-12-31)9-18(20(16)28)32-6-4-15-21(23(32)34)30-33(22(15)25)11-14-2-1-3-17(26)19(14)27;21-8-10-6-13(22)17(26)15(7-10)28-5-4-12-18(20(28)30)27-29(19(12)23)9-11-2-1-3-14(24)16(11)25;1-2-3;/h1-3,5,7-9,12H,4,6,10-11H2;1-3,6-7H,4-5,8-9H2;1H3;1H4. The van der Waals surface area contributed by atoms with E-state index in [1.807, 2.05) is 0 Å². The van der Waals surface area contributed by atoms with Crippen molar-refractivity contribution in [3.63, 3.8) is 0 Å². The average Bonchev–Trinajstić information content (AvgIpc) is 4.02. The zero-order chi connectivity index (χ0) is 48.3. The molecule has 2 aliphatic rings. The topological polar surface area (TPSA) is 118 Å². The maximum Gasteiger partial charge on any atom is 0.279 e. The number of nitrogens with zero attached hydrogens (tertiary/aromatic N) is 9. The third-order valence-electron chi connectivity index (χ3n) is 10.5. The Morgan fingerprint density at radius 2 is 1.12 bits per heavy atom. The highest BCUT2D eigenvalue weighted by molar-refractivity contribution is 9.08. The summed E-state index contributed by atoms with van der Waals surface area (Å²) in [4.78, 5) is 32.8. The van der Waals surface area contributed by atoms with Gasteiger partial charge in [0.05, 0.1) is 46.9 Å². The first kappa shape index (κ1) is 51.5. The Bertz CT molecular complexity index is 3070. The van der Waals surface area contributed by atoms with Crippen LogP contribution in [0, 0.1) is 46.2 Å². The first-order valence-corrected chi connectivity index (χ1v) is 22.5. The van der Waals surface area contributed by atoms with Crippen molar-refractivity contribution in [3.8, 4) is 6.07 Å². The van der Waals surface area contributed by atoms with Crippen molar-refractivity contribution in [3.05, 3.63) is 179 Å². The van der Waals surface area contributed by atoms with Crippen molar-refractivity contribution in [1.82, 2.24) is 29.1 Å². The molecule has 2 aliphatic heterocycles. The fraction of sp³-hybridized carbons (Fsp3) is 0.217. The summed E-state index contributed by atoms with van der Waals surface area (Å²) in [7, 11) is 0. The van der Waals surface area contributed by atoms with Crippen LogP contribution in [0.2, 0.25) is 20.4 Å². The Labute approximate surface area is 414 Å². The number of alkyl halides is 1. The van der Waals surface area contributed by atoms with Crippen LogP contribution in [-0.4, -0.2) is 54.0 Å². The van der Waals surface area contributed by atoms with E-state index in [9.17, 15) is 35.9 Å². The molecule has 0 unspecified atom stereocenters. The molecular weight excluding hydrogens is 1050 g/mol. The summed E-state index contributed by atoms with van der Waals surface area (Å²) in [6.45, 7) is 1.82. The van der Waals surface area contributed by atoms with Gasteiger partial charge in [-0.3, -0.25) is 9.59 Å². The number of fused-ring (bicyclic) bond motifs is 2. The van der Waals surface area contributed by atoms with Gasteiger partial charge >= 0.3 is 0 Å². The number of rotatable bonds is 9. The highest BCUT2D eigenvalue weighted by Gasteiger charge is 2.35. The Kier molecular flexibility index (Phi) is 16.7. The van der Waals surface area contributed by atoms with Gasteiger partial charge in [-0.2, -0.15) is 15.5 Å². The van der Waals surface area contributed by atoms with Gasteiger partial charge in [-0.25, -0.2) is 40.7 Å². The van der Waals surface area contributed by atoms with Crippen molar-refractivity contribution in [2.45, 2.75) is 52.2 Å². The molecule has 0 bridgehead atoms. The second-order valence-electron chi connectivity index (χ2n) is 14.8. The summed E-state index contributed by atoms with van der Waals surface area (Å²) >= 11 is 28.2. The Morgan fingerprint density at radius 3 is 1.54 bits per heavy atom. The normalized spacial score (nSPS) is 12.9. The van der Waals surface area contributed by atoms with Crippen LogP contribution in [0.1, 0.15) is 68.7 Å². The fourth-order valence-electron chi connectivity index (χ4n) is 7.39. The van der Waals surface area contributed by atoms with Crippen LogP contribution in [0.5, 0.6) is 0 Å². The number of nitriles is 1. The van der Waals surface area contributed by atoms with Gasteiger partial charge in [0.2, 0.25) is 0 Å². The molecule has 4 aromatic carbocycles. The van der Waals surface area contributed by atoms with E-state index in [1.165, 1.54) is 62.5 Å². The lowest BCUT2D eigenvalue weighted by molar-refractivity contribution is 0.0966. The molecule has 354 valence electrons. The lowest BCUT2D eigenvalue weighted by Gasteiger charge is -2.27. The van der Waals surface area contributed by atoms with E-state index >= 15 is 0 Å². The van der Waals surface area contributed by atoms with Gasteiger partial charge in [0, 0.05) is 66.5 Å². The highest BCUT2D eigenvalue weighted by Crippen LogP contribution is 2.36. The largest absolute Gasteiger partial charge is 0.333 e. The predicted molar refractivity (Wildman–Crippen MR) is 251 cm³/mol. The van der Waals surface area contributed by atoms with Gasteiger partial charge in [-0.05, 0) is 60.4 Å². The molecule has 0 aliphatic carbocycles. The highest BCUT2D eigenvalue weighted by atomic mass is 79.9. The third kappa shape index (κ3) is 10.6. The number of imidazole rings is 1. The number of amides is 2. The first-order chi connectivity index (χ1) is 32.1. The van der Waals surface area contributed by atoms with Crippen molar-refractivity contribution >= 4 is 85.5 Å². The second kappa shape index (κ2) is 22.1. The molecular formula is C46H36BrCl4F6N9O2. The van der Waals surface area contributed by atoms with E-state index in [1.54, 1.807) is 41.5 Å². The van der Waals surface area contributed by atoms with E-state index < -0.39 is 46.7 Å². The molecule has 3 aromatic heterocycles. The van der Waals surface area contributed by atoms with Crippen LogP contribution in [0.4, 0.5) is 37.7 Å². The number of aromatic nitrogens is 6. The average molecular weight is 1080 g/mol. The maximum absolute atomic E-state index is 15.0. The number of halogens is 11. The monoisotopic (exact) mass is 1080 g/mol. The smallest absolute Gasteiger partial charge is 0.279 e. The number of anilines is 2. The molecule has 7 aromatic rings. The number of hydrogen-bond acceptors (Lipinski definition) is 6. The van der Waals surface area contributed by atoms with Gasteiger partial charge in [0.25, 0.3) is 11.8 Å². The number of carbonyl (C=O) groups is 2. The zero-order valence-corrected chi connectivity index (χ0v) is 39.3. The summed E-state index contributed by atoms with van der Waals surface area (Å²) < 4.78 is 89.1. The fourth-order valence-corrected chi connectivity index (χ4v) is 8.75. The molecule has 2 amide bonds.